The predicted molar refractivity (Wildman–Crippen MR) is 57.9 cm³/mol. The lowest BCUT2D eigenvalue weighted by Crippen LogP contribution is -2.25. The molecule has 0 aliphatic heterocycles. The van der Waals surface area contributed by atoms with Crippen molar-refractivity contribution in [1.29, 1.82) is 0 Å². The Balaban J connectivity index is 2.73. The second-order valence-electron chi connectivity index (χ2n) is 4.20. The van der Waals surface area contributed by atoms with E-state index in [9.17, 15) is 0 Å². The summed E-state index contributed by atoms with van der Waals surface area (Å²) >= 11 is 0. The van der Waals surface area contributed by atoms with Gasteiger partial charge >= 0.3 is 0 Å². The van der Waals surface area contributed by atoms with Crippen LogP contribution in [0.5, 0.6) is 0 Å². The minimum atomic E-state index is 0.606. The summed E-state index contributed by atoms with van der Waals surface area (Å²) in [5, 5.41) is 2.88. The summed E-state index contributed by atoms with van der Waals surface area (Å²) in [6, 6.07) is 6.61. The van der Waals surface area contributed by atoms with E-state index < -0.39 is 0 Å². The molecule has 1 aliphatic carbocycles. The Labute approximate surface area is 79.6 Å². The molecule has 0 nitrogen and oxygen atoms in total. The van der Waals surface area contributed by atoms with Crippen molar-refractivity contribution >= 4 is 12.2 Å². The third-order valence-corrected chi connectivity index (χ3v) is 2.67. The van der Waals surface area contributed by atoms with Gasteiger partial charge in [0.1, 0.15) is 0 Å². The SMILES string of the molecule is CC1C=c2cccc(C(C)C)c2=C1. The topological polar surface area (TPSA) is 0 Å². The van der Waals surface area contributed by atoms with Crippen LogP contribution >= 0.6 is 0 Å². The average molecular weight is 172 g/mol. The van der Waals surface area contributed by atoms with Gasteiger partial charge in [-0.15, -0.1) is 0 Å². The second kappa shape index (κ2) is 3.02. The van der Waals surface area contributed by atoms with Crippen LogP contribution in [0, 0.1) is 5.92 Å². The molecule has 0 saturated carbocycles. The minimum Gasteiger partial charge on any atom is -0.0700 e. The van der Waals surface area contributed by atoms with Gasteiger partial charge < -0.3 is 0 Å². The molecule has 0 spiro atoms. The molecule has 0 radical (unpaired) electrons. The quantitative estimate of drug-likeness (QED) is 0.608. The first kappa shape index (κ1) is 8.55. The van der Waals surface area contributed by atoms with Gasteiger partial charge in [-0.1, -0.05) is 51.1 Å². The number of fused-ring (bicyclic) bond motifs is 1. The Hall–Kier alpha value is -1.04. The maximum Gasteiger partial charge on any atom is -0.00634 e. The maximum absolute atomic E-state index is 2.37. The molecular formula is C13H16. The van der Waals surface area contributed by atoms with E-state index in [0.29, 0.717) is 11.8 Å². The van der Waals surface area contributed by atoms with E-state index in [-0.39, 0.29) is 0 Å². The summed E-state index contributed by atoms with van der Waals surface area (Å²) in [5.41, 5.74) is 1.48. The maximum atomic E-state index is 2.37. The highest BCUT2D eigenvalue weighted by molar-refractivity contribution is 5.52. The fraction of sp³-hybridized carbons (Fsp3) is 0.385. The Morgan fingerprint density at radius 3 is 2.62 bits per heavy atom. The number of hydrogen-bond acceptors (Lipinski definition) is 0. The largest absolute Gasteiger partial charge is 0.0700 e. The van der Waals surface area contributed by atoms with E-state index in [2.05, 4.69) is 51.1 Å². The summed E-state index contributed by atoms with van der Waals surface area (Å²) in [4.78, 5) is 0. The lowest BCUT2D eigenvalue weighted by atomic mass is 10.0. The van der Waals surface area contributed by atoms with Crippen LogP contribution in [0.3, 0.4) is 0 Å². The molecule has 0 fully saturated rings. The zero-order valence-corrected chi connectivity index (χ0v) is 8.54. The molecule has 0 heteroatoms. The van der Waals surface area contributed by atoms with Crippen LogP contribution in [0.25, 0.3) is 12.2 Å². The minimum absolute atomic E-state index is 0.606. The lowest BCUT2D eigenvalue weighted by Gasteiger charge is -2.05. The van der Waals surface area contributed by atoms with Crippen LogP contribution in [0.4, 0.5) is 0 Å². The molecule has 0 bridgehead atoms. The number of hydrogen-bond donors (Lipinski definition) is 0. The molecule has 0 heterocycles. The van der Waals surface area contributed by atoms with Gasteiger partial charge in [0.2, 0.25) is 0 Å². The van der Waals surface area contributed by atoms with Crippen molar-refractivity contribution in [2.45, 2.75) is 26.7 Å². The summed E-state index contributed by atoms with van der Waals surface area (Å²) in [6.45, 7) is 6.75. The predicted octanol–water partition coefficient (Wildman–Crippen LogP) is 2.02. The fourth-order valence-electron chi connectivity index (χ4n) is 2.04. The number of rotatable bonds is 1. The van der Waals surface area contributed by atoms with E-state index >= 15 is 0 Å². The van der Waals surface area contributed by atoms with E-state index in [4.69, 9.17) is 0 Å². The molecule has 1 aromatic carbocycles. The van der Waals surface area contributed by atoms with Crippen LogP contribution in [-0.4, -0.2) is 0 Å². The highest BCUT2D eigenvalue weighted by Crippen LogP contribution is 2.10. The van der Waals surface area contributed by atoms with Crippen LogP contribution < -0.4 is 10.4 Å². The van der Waals surface area contributed by atoms with E-state index in [1.54, 1.807) is 0 Å². The summed E-state index contributed by atoms with van der Waals surface area (Å²) in [6.07, 6.45) is 4.70. The monoisotopic (exact) mass is 172 g/mol. The first-order chi connectivity index (χ1) is 6.18. The molecule has 1 aromatic rings. The first-order valence-electron chi connectivity index (χ1n) is 5.01. The molecule has 1 atom stereocenters. The molecule has 2 rings (SSSR count). The molecule has 0 N–H and O–H groups in total. The standard InChI is InChI=1S/C13H16/c1-9(2)12-6-4-5-11-7-10(3)8-13(11)12/h4-10H,1-3H3. The summed E-state index contributed by atoms with van der Waals surface area (Å²) in [7, 11) is 0. The highest BCUT2D eigenvalue weighted by atomic mass is 14.1. The summed E-state index contributed by atoms with van der Waals surface area (Å²) in [5.74, 6) is 1.24. The van der Waals surface area contributed by atoms with Crippen molar-refractivity contribution in [2.24, 2.45) is 5.92 Å². The Morgan fingerprint density at radius 1 is 1.15 bits per heavy atom. The first-order valence-corrected chi connectivity index (χ1v) is 5.01. The molecule has 13 heavy (non-hydrogen) atoms. The van der Waals surface area contributed by atoms with E-state index in [1.165, 1.54) is 16.0 Å². The van der Waals surface area contributed by atoms with E-state index in [0.717, 1.165) is 0 Å². The molecule has 1 aliphatic rings. The fourth-order valence-corrected chi connectivity index (χ4v) is 2.04. The average Bonchev–Trinajstić information content (AvgIpc) is 2.43. The number of benzene rings is 1. The van der Waals surface area contributed by atoms with Gasteiger partial charge in [0, 0.05) is 0 Å². The van der Waals surface area contributed by atoms with Gasteiger partial charge in [0.25, 0.3) is 0 Å². The zero-order valence-electron chi connectivity index (χ0n) is 8.54. The summed E-state index contributed by atoms with van der Waals surface area (Å²) < 4.78 is 0. The van der Waals surface area contributed by atoms with Crippen molar-refractivity contribution in [3.05, 3.63) is 34.2 Å². The lowest BCUT2D eigenvalue weighted by molar-refractivity contribution is 0.856. The van der Waals surface area contributed by atoms with Gasteiger partial charge in [-0.05, 0) is 27.8 Å². The van der Waals surface area contributed by atoms with Crippen molar-refractivity contribution in [1.82, 2.24) is 0 Å². The zero-order chi connectivity index (χ0) is 9.42. The third kappa shape index (κ3) is 1.41. The Morgan fingerprint density at radius 2 is 1.92 bits per heavy atom. The van der Waals surface area contributed by atoms with E-state index in [1.807, 2.05) is 0 Å². The smallest absolute Gasteiger partial charge is 0.00634 e. The molecule has 68 valence electrons. The molecule has 0 saturated heterocycles. The van der Waals surface area contributed by atoms with Gasteiger partial charge in [0.15, 0.2) is 0 Å². The third-order valence-electron chi connectivity index (χ3n) is 2.67. The normalized spacial score (nSPS) is 19.5. The van der Waals surface area contributed by atoms with Crippen molar-refractivity contribution in [3.63, 3.8) is 0 Å². The molecule has 0 aromatic heterocycles. The van der Waals surface area contributed by atoms with Crippen LogP contribution in [0.1, 0.15) is 32.3 Å². The Kier molecular flexibility index (Phi) is 1.99. The van der Waals surface area contributed by atoms with Gasteiger partial charge in [-0.2, -0.15) is 0 Å². The van der Waals surface area contributed by atoms with Gasteiger partial charge in [-0.3, -0.25) is 0 Å². The van der Waals surface area contributed by atoms with Crippen LogP contribution in [0.2, 0.25) is 0 Å². The van der Waals surface area contributed by atoms with Gasteiger partial charge in [-0.25, -0.2) is 0 Å². The molecular weight excluding hydrogens is 156 g/mol. The highest BCUT2D eigenvalue weighted by Gasteiger charge is 2.06. The van der Waals surface area contributed by atoms with Crippen LogP contribution in [-0.2, 0) is 0 Å². The van der Waals surface area contributed by atoms with Gasteiger partial charge in [0.05, 0.1) is 0 Å². The molecule has 0 amide bonds. The van der Waals surface area contributed by atoms with Crippen LogP contribution in [0.15, 0.2) is 18.2 Å². The Bertz CT molecular complexity index is 424. The van der Waals surface area contributed by atoms with Crippen molar-refractivity contribution in [2.75, 3.05) is 0 Å². The second-order valence-corrected chi connectivity index (χ2v) is 4.20. The van der Waals surface area contributed by atoms with Crippen molar-refractivity contribution in [3.8, 4) is 0 Å². The van der Waals surface area contributed by atoms with Crippen molar-refractivity contribution < 1.29 is 0 Å². The molecule has 1 unspecified atom stereocenters.